The highest BCUT2D eigenvalue weighted by Crippen LogP contribution is 2.32. The van der Waals surface area contributed by atoms with Crippen LogP contribution in [0.3, 0.4) is 0 Å². The van der Waals surface area contributed by atoms with Crippen molar-refractivity contribution in [3.8, 4) is 0 Å². The van der Waals surface area contributed by atoms with Crippen LogP contribution in [-0.4, -0.2) is 7.05 Å². The zero-order chi connectivity index (χ0) is 12.8. The van der Waals surface area contributed by atoms with E-state index in [1.54, 1.807) is 0 Å². The van der Waals surface area contributed by atoms with Gasteiger partial charge in [-0.05, 0) is 35.9 Å². The molecular formula is C16H23NS. The maximum absolute atomic E-state index is 3.48. The van der Waals surface area contributed by atoms with E-state index < -0.39 is 0 Å². The van der Waals surface area contributed by atoms with Gasteiger partial charge in [-0.2, -0.15) is 0 Å². The quantitative estimate of drug-likeness (QED) is 0.681. The third-order valence-electron chi connectivity index (χ3n) is 3.58. The summed E-state index contributed by atoms with van der Waals surface area (Å²) >= 11 is 1.86. The maximum atomic E-state index is 3.48. The standard InChI is InChI=1S/C16H23NS/c1-3-4-5-6-10-15(17-2)14-12-18-16-11-8-7-9-13(14)16/h7-9,11-12,15,17H,3-6,10H2,1-2H3. The van der Waals surface area contributed by atoms with Gasteiger partial charge in [-0.3, -0.25) is 0 Å². The minimum Gasteiger partial charge on any atom is -0.313 e. The Hall–Kier alpha value is -0.860. The number of unbranched alkanes of at least 4 members (excludes halogenated alkanes) is 3. The van der Waals surface area contributed by atoms with Crippen LogP contribution in [-0.2, 0) is 0 Å². The summed E-state index contributed by atoms with van der Waals surface area (Å²) in [6.45, 7) is 2.27. The lowest BCUT2D eigenvalue weighted by atomic mass is 9.99. The van der Waals surface area contributed by atoms with Crippen molar-refractivity contribution in [2.45, 2.75) is 45.1 Å². The summed E-state index contributed by atoms with van der Waals surface area (Å²) in [4.78, 5) is 0. The van der Waals surface area contributed by atoms with Crippen molar-refractivity contribution in [1.29, 1.82) is 0 Å². The van der Waals surface area contributed by atoms with Crippen LogP contribution < -0.4 is 5.32 Å². The van der Waals surface area contributed by atoms with Gasteiger partial charge in [0.1, 0.15) is 0 Å². The summed E-state index contributed by atoms with van der Waals surface area (Å²) in [6.07, 6.45) is 6.60. The van der Waals surface area contributed by atoms with Gasteiger partial charge in [-0.25, -0.2) is 0 Å². The van der Waals surface area contributed by atoms with E-state index in [0.29, 0.717) is 6.04 Å². The molecule has 1 heterocycles. The fourth-order valence-electron chi connectivity index (χ4n) is 2.50. The number of benzene rings is 1. The van der Waals surface area contributed by atoms with Crippen LogP contribution in [0.25, 0.3) is 10.1 Å². The predicted octanol–water partition coefficient (Wildman–Crippen LogP) is 5.13. The molecule has 2 heteroatoms. The lowest BCUT2D eigenvalue weighted by Crippen LogP contribution is -2.15. The molecule has 1 nitrogen and oxygen atoms in total. The molecule has 0 amide bonds. The third kappa shape index (κ3) is 3.12. The van der Waals surface area contributed by atoms with Gasteiger partial charge in [0.05, 0.1) is 0 Å². The first-order chi connectivity index (χ1) is 8.86. The van der Waals surface area contributed by atoms with Crippen LogP contribution in [0.4, 0.5) is 0 Å². The minimum atomic E-state index is 0.512. The van der Waals surface area contributed by atoms with Crippen molar-refractivity contribution in [1.82, 2.24) is 5.32 Å². The Morgan fingerprint density at radius 2 is 2.00 bits per heavy atom. The molecule has 2 aromatic rings. The molecule has 0 aliphatic heterocycles. The molecule has 1 aromatic carbocycles. The van der Waals surface area contributed by atoms with Gasteiger partial charge in [-0.1, -0.05) is 50.8 Å². The molecular weight excluding hydrogens is 238 g/mol. The number of hydrogen-bond donors (Lipinski definition) is 1. The van der Waals surface area contributed by atoms with E-state index in [1.165, 1.54) is 47.8 Å². The number of rotatable bonds is 7. The largest absolute Gasteiger partial charge is 0.313 e. The molecule has 0 spiro atoms. The Balaban J connectivity index is 2.07. The molecule has 0 bridgehead atoms. The minimum absolute atomic E-state index is 0.512. The molecule has 18 heavy (non-hydrogen) atoms. The SMILES string of the molecule is CCCCCCC(NC)c1csc2ccccc12. The molecule has 1 unspecified atom stereocenters. The van der Waals surface area contributed by atoms with E-state index >= 15 is 0 Å². The zero-order valence-electron chi connectivity index (χ0n) is 11.4. The van der Waals surface area contributed by atoms with Gasteiger partial charge in [-0.15, -0.1) is 11.3 Å². The molecule has 0 aliphatic rings. The van der Waals surface area contributed by atoms with Gasteiger partial charge < -0.3 is 5.32 Å². The molecule has 2 rings (SSSR count). The molecule has 0 fully saturated rings. The number of nitrogens with one attached hydrogen (secondary N) is 1. The Morgan fingerprint density at radius 1 is 1.17 bits per heavy atom. The monoisotopic (exact) mass is 261 g/mol. The second kappa shape index (κ2) is 6.91. The van der Waals surface area contributed by atoms with Crippen LogP contribution in [0.5, 0.6) is 0 Å². The number of thiophene rings is 1. The fourth-order valence-corrected chi connectivity index (χ4v) is 3.51. The maximum Gasteiger partial charge on any atom is 0.0346 e. The van der Waals surface area contributed by atoms with Crippen molar-refractivity contribution in [2.75, 3.05) is 7.05 Å². The summed E-state index contributed by atoms with van der Waals surface area (Å²) in [5, 5.41) is 7.23. The fraction of sp³-hybridized carbons (Fsp3) is 0.500. The van der Waals surface area contributed by atoms with E-state index in [2.05, 4.69) is 48.9 Å². The van der Waals surface area contributed by atoms with Crippen LogP contribution in [0.2, 0.25) is 0 Å². The van der Waals surface area contributed by atoms with E-state index in [0.717, 1.165) is 0 Å². The Kier molecular flexibility index (Phi) is 5.21. The number of hydrogen-bond acceptors (Lipinski definition) is 2. The van der Waals surface area contributed by atoms with Gasteiger partial charge in [0.2, 0.25) is 0 Å². The molecule has 1 N–H and O–H groups in total. The Bertz CT molecular complexity index is 475. The first kappa shape index (κ1) is 13.6. The van der Waals surface area contributed by atoms with Crippen LogP contribution >= 0.6 is 11.3 Å². The zero-order valence-corrected chi connectivity index (χ0v) is 12.2. The lowest BCUT2D eigenvalue weighted by Gasteiger charge is -2.15. The van der Waals surface area contributed by atoms with Crippen LogP contribution in [0.1, 0.15) is 50.6 Å². The van der Waals surface area contributed by atoms with Crippen LogP contribution in [0.15, 0.2) is 29.6 Å². The topological polar surface area (TPSA) is 12.0 Å². The summed E-state index contributed by atoms with van der Waals surface area (Å²) in [7, 11) is 2.08. The van der Waals surface area contributed by atoms with Crippen LogP contribution in [0, 0.1) is 0 Å². The predicted molar refractivity (Wildman–Crippen MR) is 82.4 cm³/mol. The van der Waals surface area contributed by atoms with Gasteiger partial charge >= 0.3 is 0 Å². The summed E-state index contributed by atoms with van der Waals surface area (Å²) in [6, 6.07) is 9.24. The third-order valence-corrected chi connectivity index (χ3v) is 4.56. The lowest BCUT2D eigenvalue weighted by molar-refractivity contribution is 0.508. The second-order valence-corrected chi connectivity index (χ2v) is 5.79. The summed E-state index contributed by atoms with van der Waals surface area (Å²) in [5.41, 5.74) is 1.48. The van der Waals surface area contributed by atoms with E-state index in [4.69, 9.17) is 0 Å². The Morgan fingerprint density at radius 3 is 2.78 bits per heavy atom. The number of fused-ring (bicyclic) bond motifs is 1. The molecule has 98 valence electrons. The average molecular weight is 261 g/mol. The summed E-state index contributed by atoms with van der Waals surface area (Å²) < 4.78 is 1.40. The molecule has 0 radical (unpaired) electrons. The average Bonchev–Trinajstić information content (AvgIpc) is 2.83. The van der Waals surface area contributed by atoms with E-state index in [9.17, 15) is 0 Å². The molecule has 0 saturated heterocycles. The second-order valence-electron chi connectivity index (χ2n) is 4.88. The summed E-state index contributed by atoms with van der Waals surface area (Å²) in [5.74, 6) is 0. The highest BCUT2D eigenvalue weighted by atomic mass is 32.1. The highest BCUT2D eigenvalue weighted by molar-refractivity contribution is 7.17. The molecule has 0 saturated carbocycles. The van der Waals surface area contributed by atoms with Crippen molar-refractivity contribution in [3.63, 3.8) is 0 Å². The first-order valence-corrected chi connectivity index (χ1v) is 7.88. The molecule has 1 atom stereocenters. The van der Waals surface area contributed by atoms with Crippen molar-refractivity contribution in [2.24, 2.45) is 0 Å². The van der Waals surface area contributed by atoms with Crippen molar-refractivity contribution in [3.05, 3.63) is 35.2 Å². The van der Waals surface area contributed by atoms with Gasteiger partial charge in [0.25, 0.3) is 0 Å². The first-order valence-electron chi connectivity index (χ1n) is 7.00. The van der Waals surface area contributed by atoms with Gasteiger partial charge in [0, 0.05) is 10.7 Å². The molecule has 0 aliphatic carbocycles. The highest BCUT2D eigenvalue weighted by Gasteiger charge is 2.13. The van der Waals surface area contributed by atoms with E-state index in [-0.39, 0.29) is 0 Å². The van der Waals surface area contributed by atoms with E-state index in [1.807, 2.05) is 11.3 Å². The van der Waals surface area contributed by atoms with Crippen molar-refractivity contribution < 1.29 is 0 Å². The van der Waals surface area contributed by atoms with Crippen molar-refractivity contribution >= 4 is 21.4 Å². The smallest absolute Gasteiger partial charge is 0.0346 e. The van der Waals surface area contributed by atoms with Gasteiger partial charge in [0.15, 0.2) is 0 Å². The Labute approximate surface area is 114 Å². The molecule has 1 aromatic heterocycles. The normalized spacial score (nSPS) is 13.0.